The summed E-state index contributed by atoms with van der Waals surface area (Å²) in [7, 11) is 0. The van der Waals surface area contributed by atoms with Gasteiger partial charge in [0.2, 0.25) is 0 Å². The molecule has 0 radical (unpaired) electrons. The molecule has 0 aromatic heterocycles. The van der Waals surface area contributed by atoms with Crippen LogP contribution in [0.25, 0.3) is 0 Å². The fourth-order valence-corrected chi connectivity index (χ4v) is 1.64. The summed E-state index contributed by atoms with van der Waals surface area (Å²) in [6.45, 7) is -0.846. The molecule has 0 bridgehead atoms. The summed E-state index contributed by atoms with van der Waals surface area (Å²) in [5, 5.41) is 48.0. The molecule has 0 rings (SSSR count). The first-order valence-electron chi connectivity index (χ1n) is 6.69. The van der Waals surface area contributed by atoms with Crippen LogP contribution in [0.4, 0.5) is 0 Å². The number of carboxylic acids is 1. The highest BCUT2D eigenvalue weighted by molar-refractivity contribution is 5.86. The number of halogens is 2. The maximum Gasteiger partial charge on any atom is 0.320 e. The highest BCUT2D eigenvalue weighted by atomic mass is 35.5. The van der Waals surface area contributed by atoms with Gasteiger partial charge in [0.15, 0.2) is 5.78 Å². The van der Waals surface area contributed by atoms with Crippen LogP contribution in [0.2, 0.25) is 0 Å². The number of aliphatic hydroxyl groups is 4. The molecule has 140 valence electrons. The lowest BCUT2D eigenvalue weighted by molar-refractivity contribution is -0.141. The van der Waals surface area contributed by atoms with Gasteiger partial charge in [-0.15, -0.1) is 24.8 Å². The molecule has 0 unspecified atom stereocenters. The average Bonchev–Trinajstić information content (AvgIpc) is 2.47. The van der Waals surface area contributed by atoms with E-state index in [0.717, 1.165) is 0 Å². The second-order valence-corrected chi connectivity index (χ2v) is 4.71. The Morgan fingerprint density at radius 2 is 1.65 bits per heavy atom. The van der Waals surface area contributed by atoms with Crippen molar-refractivity contribution in [2.24, 2.45) is 5.73 Å². The molecule has 0 aliphatic carbocycles. The van der Waals surface area contributed by atoms with E-state index >= 15 is 0 Å². The predicted molar refractivity (Wildman–Crippen MR) is 86.9 cm³/mol. The van der Waals surface area contributed by atoms with Gasteiger partial charge < -0.3 is 31.3 Å². The smallest absolute Gasteiger partial charge is 0.320 e. The van der Waals surface area contributed by atoms with Crippen LogP contribution in [0, 0.1) is 0 Å². The van der Waals surface area contributed by atoms with Gasteiger partial charge in [-0.2, -0.15) is 0 Å². The molecule has 0 aromatic rings. The number of carbonyl (C=O) groups excluding carboxylic acids is 1. The van der Waals surface area contributed by atoms with E-state index in [4.69, 9.17) is 21.1 Å². The first kappa shape index (κ1) is 27.3. The Hall–Kier alpha value is -0.520. The lowest BCUT2D eigenvalue weighted by atomic mass is 10.0. The standard InChI is InChI=1S/C12H24N2O7.2ClH/c13-4-2-1-3-7(12(20)21)14-5-8(16)10(18)11(19)9(17)6-15;;/h7,9-11,14-15,17-19H,1-6,13H2,(H,20,21);2*1H/t7-,9+,10+,11+;;/m0../s1. The molecule has 4 atom stereocenters. The van der Waals surface area contributed by atoms with Gasteiger partial charge in [0.1, 0.15) is 24.4 Å². The monoisotopic (exact) mass is 380 g/mol. The number of aliphatic hydroxyl groups excluding tert-OH is 4. The van der Waals surface area contributed by atoms with Gasteiger partial charge in [-0.05, 0) is 19.4 Å². The summed E-state index contributed by atoms with van der Waals surface area (Å²) < 4.78 is 0. The minimum absolute atomic E-state index is 0. The predicted octanol–water partition coefficient (Wildman–Crippen LogP) is -2.35. The maximum absolute atomic E-state index is 11.6. The number of rotatable bonds is 12. The molecule has 0 amide bonds. The molecule has 23 heavy (non-hydrogen) atoms. The Bertz CT molecular complexity index is 337. The molecule has 9 nitrogen and oxygen atoms in total. The minimum atomic E-state index is -1.90. The summed E-state index contributed by atoms with van der Waals surface area (Å²) in [4.78, 5) is 22.6. The number of hydrogen-bond acceptors (Lipinski definition) is 8. The van der Waals surface area contributed by atoms with Crippen molar-refractivity contribution in [3.8, 4) is 0 Å². The summed E-state index contributed by atoms with van der Waals surface area (Å²) in [5.74, 6) is -2.01. The van der Waals surface area contributed by atoms with Crippen LogP contribution >= 0.6 is 24.8 Å². The number of aliphatic carboxylic acids is 1. The van der Waals surface area contributed by atoms with E-state index < -0.39 is 49.3 Å². The highest BCUT2D eigenvalue weighted by Gasteiger charge is 2.30. The maximum atomic E-state index is 11.6. The summed E-state index contributed by atoms with van der Waals surface area (Å²) >= 11 is 0. The van der Waals surface area contributed by atoms with Crippen molar-refractivity contribution in [3.05, 3.63) is 0 Å². The van der Waals surface area contributed by atoms with Crippen molar-refractivity contribution < 1.29 is 35.1 Å². The average molecular weight is 381 g/mol. The van der Waals surface area contributed by atoms with Crippen molar-refractivity contribution in [1.29, 1.82) is 0 Å². The Labute approximate surface area is 146 Å². The minimum Gasteiger partial charge on any atom is -0.480 e. The van der Waals surface area contributed by atoms with Gasteiger partial charge in [0, 0.05) is 0 Å². The number of unbranched alkanes of at least 4 members (excludes halogenated alkanes) is 1. The van der Waals surface area contributed by atoms with Crippen molar-refractivity contribution in [1.82, 2.24) is 5.32 Å². The molecule has 0 aromatic carbocycles. The Morgan fingerprint density at radius 3 is 2.09 bits per heavy atom. The Balaban J connectivity index is -0.00000200. The lowest BCUT2D eigenvalue weighted by Gasteiger charge is -2.21. The molecule has 8 N–H and O–H groups in total. The summed E-state index contributed by atoms with van der Waals surface area (Å²) in [5.41, 5.74) is 5.30. The van der Waals surface area contributed by atoms with Crippen molar-refractivity contribution >= 4 is 36.6 Å². The fraction of sp³-hybridized carbons (Fsp3) is 0.833. The van der Waals surface area contributed by atoms with Gasteiger partial charge >= 0.3 is 5.97 Å². The number of nitrogens with two attached hydrogens (primary N) is 1. The van der Waals surface area contributed by atoms with Crippen LogP contribution in [-0.2, 0) is 9.59 Å². The van der Waals surface area contributed by atoms with Crippen molar-refractivity contribution in [3.63, 3.8) is 0 Å². The van der Waals surface area contributed by atoms with Gasteiger partial charge in [0.05, 0.1) is 13.2 Å². The molecule has 0 aliphatic heterocycles. The number of carboxylic acid groups (broad SMARTS) is 1. The Kier molecular flexibility index (Phi) is 17.9. The summed E-state index contributed by atoms with van der Waals surface area (Å²) in [6.07, 6.45) is -3.88. The SMILES string of the molecule is Cl.Cl.NCCCC[C@H](NCC(=O)[C@@H](O)[C@H](O)[C@H](O)CO)C(=O)O. The molecule has 0 heterocycles. The molecule has 0 aliphatic rings. The number of Topliss-reactive ketones (excluding diaryl/α,β-unsaturated/α-hetero) is 1. The van der Waals surface area contributed by atoms with E-state index in [1.165, 1.54) is 0 Å². The van der Waals surface area contributed by atoms with E-state index in [1.807, 2.05) is 0 Å². The molecule has 0 saturated carbocycles. The zero-order chi connectivity index (χ0) is 16.4. The number of ketones is 1. The first-order valence-corrected chi connectivity index (χ1v) is 6.69. The molecular weight excluding hydrogens is 355 g/mol. The van der Waals surface area contributed by atoms with Crippen molar-refractivity contribution in [2.75, 3.05) is 19.7 Å². The quantitative estimate of drug-likeness (QED) is 0.183. The van der Waals surface area contributed by atoms with Crippen molar-refractivity contribution in [2.45, 2.75) is 43.6 Å². The van der Waals surface area contributed by atoms with Crippen LogP contribution < -0.4 is 11.1 Å². The van der Waals surface area contributed by atoms with Gasteiger partial charge in [-0.25, -0.2) is 0 Å². The molecular formula is C12H26Cl2N2O7. The van der Waals surface area contributed by atoms with Crippen LogP contribution in [0.1, 0.15) is 19.3 Å². The largest absolute Gasteiger partial charge is 0.480 e. The van der Waals surface area contributed by atoms with Gasteiger partial charge in [-0.3, -0.25) is 14.9 Å². The molecule has 0 saturated heterocycles. The second kappa shape index (κ2) is 15.0. The normalized spacial score (nSPS) is 15.5. The third kappa shape index (κ3) is 10.8. The zero-order valence-corrected chi connectivity index (χ0v) is 14.1. The number of nitrogens with one attached hydrogen (secondary N) is 1. The van der Waals surface area contributed by atoms with Crippen LogP contribution in [0.15, 0.2) is 0 Å². The lowest BCUT2D eigenvalue weighted by Crippen LogP contribution is -2.48. The second-order valence-electron chi connectivity index (χ2n) is 4.71. The molecule has 11 heteroatoms. The van der Waals surface area contributed by atoms with Gasteiger partial charge in [0.25, 0.3) is 0 Å². The first-order chi connectivity index (χ1) is 9.84. The molecule has 0 fully saturated rings. The van der Waals surface area contributed by atoms with E-state index in [1.54, 1.807) is 0 Å². The third-order valence-corrected chi connectivity index (χ3v) is 3.00. The highest BCUT2D eigenvalue weighted by Crippen LogP contribution is 2.03. The van der Waals surface area contributed by atoms with Crippen LogP contribution in [0.5, 0.6) is 0 Å². The van der Waals surface area contributed by atoms with E-state index in [0.29, 0.717) is 19.4 Å². The number of carbonyl (C=O) groups is 2. The Morgan fingerprint density at radius 1 is 1.09 bits per heavy atom. The number of hydrogen-bond donors (Lipinski definition) is 7. The molecule has 0 spiro atoms. The van der Waals surface area contributed by atoms with Crippen LogP contribution in [0.3, 0.4) is 0 Å². The van der Waals surface area contributed by atoms with Gasteiger partial charge in [-0.1, -0.05) is 6.42 Å². The fourth-order valence-electron chi connectivity index (χ4n) is 1.64. The topological polar surface area (TPSA) is 173 Å². The zero-order valence-electron chi connectivity index (χ0n) is 12.5. The van der Waals surface area contributed by atoms with E-state index in [-0.39, 0.29) is 31.2 Å². The van der Waals surface area contributed by atoms with E-state index in [2.05, 4.69) is 5.32 Å². The van der Waals surface area contributed by atoms with Crippen LogP contribution in [-0.4, -0.2) is 81.3 Å². The third-order valence-electron chi connectivity index (χ3n) is 3.00. The summed E-state index contributed by atoms with van der Waals surface area (Å²) in [6, 6.07) is -0.965. The van der Waals surface area contributed by atoms with E-state index in [9.17, 15) is 19.8 Å².